The van der Waals surface area contributed by atoms with Gasteiger partial charge in [-0.25, -0.2) is 0 Å². The molecule has 2 rings (SSSR count). The van der Waals surface area contributed by atoms with Crippen LogP contribution in [0.25, 0.3) is 0 Å². The molecule has 0 radical (unpaired) electrons. The van der Waals surface area contributed by atoms with Crippen LogP contribution in [0.5, 0.6) is 0 Å². The lowest BCUT2D eigenvalue weighted by atomic mass is 10.2. The van der Waals surface area contributed by atoms with Crippen LogP contribution in [-0.2, 0) is 0 Å². The largest absolute Gasteiger partial charge is 0.376 e. The molecular weight excluding hydrogens is 329 g/mol. The number of halogens is 2. The first-order valence-corrected chi connectivity index (χ1v) is 7.05. The topological polar surface area (TPSA) is 67.2 Å². The number of carbonyl (C=O) groups excluding carboxylic acids is 1. The van der Waals surface area contributed by atoms with Crippen LogP contribution in [0.2, 0.25) is 10.0 Å². The zero-order valence-electron chi connectivity index (χ0n) is 10.7. The molecule has 4 nitrogen and oxygen atoms in total. The number of hydrogen-bond donors (Lipinski definition) is 3. The summed E-state index contributed by atoms with van der Waals surface area (Å²) in [5, 5.41) is 6.17. The van der Waals surface area contributed by atoms with Crippen LogP contribution in [0.4, 0.5) is 11.4 Å². The fraction of sp³-hybridized carbons (Fsp3) is 0. The molecule has 0 bridgehead atoms. The van der Waals surface area contributed by atoms with E-state index in [2.05, 4.69) is 10.6 Å². The van der Waals surface area contributed by atoms with Crippen LogP contribution in [0.15, 0.2) is 42.5 Å². The van der Waals surface area contributed by atoms with E-state index in [1.54, 1.807) is 30.3 Å². The van der Waals surface area contributed by atoms with Gasteiger partial charge in [-0.3, -0.25) is 4.79 Å². The Bertz CT molecular complexity index is 692. The highest BCUT2D eigenvalue weighted by Gasteiger charge is 2.11. The fourth-order valence-corrected chi connectivity index (χ4v) is 2.24. The monoisotopic (exact) mass is 339 g/mol. The van der Waals surface area contributed by atoms with Crippen LogP contribution in [-0.4, -0.2) is 11.0 Å². The van der Waals surface area contributed by atoms with E-state index >= 15 is 0 Å². The van der Waals surface area contributed by atoms with Crippen LogP contribution >= 0.6 is 35.4 Å². The van der Waals surface area contributed by atoms with Crippen molar-refractivity contribution in [1.82, 2.24) is 0 Å². The molecule has 0 aliphatic heterocycles. The molecule has 0 aromatic heterocycles. The standard InChI is InChI=1S/C14H11Cl2N3OS/c15-9-6-10(16)12(19-14(17)21)7-11(9)18-13(20)8-4-2-1-3-5-8/h1-7H,(H,18,20)(H3,17,19,21). The maximum atomic E-state index is 12.1. The molecule has 0 fully saturated rings. The number of nitrogens with one attached hydrogen (secondary N) is 2. The SMILES string of the molecule is NC(=S)Nc1cc(NC(=O)c2ccccc2)c(Cl)cc1Cl. The van der Waals surface area contributed by atoms with Crippen molar-refractivity contribution in [1.29, 1.82) is 0 Å². The summed E-state index contributed by atoms with van der Waals surface area (Å²) in [7, 11) is 0. The van der Waals surface area contributed by atoms with Crippen LogP contribution in [0, 0.1) is 0 Å². The highest BCUT2D eigenvalue weighted by atomic mass is 35.5. The molecule has 0 aliphatic carbocycles. The number of amides is 1. The predicted molar refractivity (Wildman–Crippen MR) is 91.3 cm³/mol. The van der Waals surface area contributed by atoms with Gasteiger partial charge < -0.3 is 16.4 Å². The average Bonchev–Trinajstić information content (AvgIpc) is 2.44. The van der Waals surface area contributed by atoms with Crippen molar-refractivity contribution >= 4 is 57.8 Å². The Morgan fingerprint density at radius 1 is 1.00 bits per heavy atom. The van der Waals surface area contributed by atoms with Gasteiger partial charge in [0.1, 0.15) is 0 Å². The molecule has 0 atom stereocenters. The quantitative estimate of drug-likeness (QED) is 0.742. The van der Waals surface area contributed by atoms with E-state index in [0.717, 1.165) is 0 Å². The molecule has 0 unspecified atom stereocenters. The zero-order chi connectivity index (χ0) is 15.4. The van der Waals surface area contributed by atoms with E-state index in [4.69, 9.17) is 41.2 Å². The molecule has 108 valence electrons. The van der Waals surface area contributed by atoms with E-state index in [1.807, 2.05) is 6.07 Å². The predicted octanol–water partition coefficient (Wildman–Crippen LogP) is 3.90. The Morgan fingerprint density at radius 3 is 2.14 bits per heavy atom. The van der Waals surface area contributed by atoms with Crippen molar-refractivity contribution in [3.63, 3.8) is 0 Å². The van der Waals surface area contributed by atoms with Crippen molar-refractivity contribution in [2.75, 3.05) is 10.6 Å². The summed E-state index contributed by atoms with van der Waals surface area (Å²) in [6, 6.07) is 11.9. The maximum Gasteiger partial charge on any atom is 0.255 e. The van der Waals surface area contributed by atoms with E-state index in [9.17, 15) is 4.79 Å². The molecule has 4 N–H and O–H groups in total. The molecular formula is C14H11Cl2N3OS. The number of benzene rings is 2. The van der Waals surface area contributed by atoms with Crippen LogP contribution in [0.3, 0.4) is 0 Å². The summed E-state index contributed by atoms with van der Waals surface area (Å²) in [6.45, 7) is 0. The van der Waals surface area contributed by atoms with Crippen molar-refractivity contribution in [2.24, 2.45) is 5.73 Å². The van der Waals surface area contributed by atoms with Crippen LogP contribution in [0.1, 0.15) is 10.4 Å². The van der Waals surface area contributed by atoms with Gasteiger partial charge in [-0.1, -0.05) is 41.4 Å². The van der Waals surface area contributed by atoms with E-state index in [1.165, 1.54) is 6.07 Å². The molecule has 7 heteroatoms. The minimum atomic E-state index is -0.277. The molecule has 0 heterocycles. The highest BCUT2D eigenvalue weighted by Crippen LogP contribution is 2.32. The first kappa shape index (κ1) is 15.6. The molecule has 2 aromatic rings. The highest BCUT2D eigenvalue weighted by molar-refractivity contribution is 7.80. The molecule has 0 aliphatic rings. The van der Waals surface area contributed by atoms with Crippen LogP contribution < -0.4 is 16.4 Å². The van der Waals surface area contributed by atoms with Gasteiger partial charge in [-0.2, -0.15) is 0 Å². The number of carbonyl (C=O) groups is 1. The second-order valence-corrected chi connectivity index (χ2v) is 5.38. The summed E-state index contributed by atoms with van der Waals surface area (Å²) >= 11 is 16.9. The van der Waals surface area contributed by atoms with Crippen molar-refractivity contribution in [2.45, 2.75) is 0 Å². The summed E-state index contributed by atoms with van der Waals surface area (Å²) < 4.78 is 0. The lowest BCUT2D eigenvalue weighted by molar-refractivity contribution is 0.102. The number of rotatable bonds is 3. The molecule has 0 spiro atoms. The number of hydrogen-bond acceptors (Lipinski definition) is 2. The van der Waals surface area contributed by atoms with Gasteiger partial charge in [-0.15, -0.1) is 0 Å². The van der Waals surface area contributed by atoms with E-state index in [-0.39, 0.29) is 11.0 Å². The Kier molecular flexibility index (Phi) is 5.01. The van der Waals surface area contributed by atoms with E-state index < -0.39 is 0 Å². The van der Waals surface area contributed by atoms with Crippen molar-refractivity contribution in [3.8, 4) is 0 Å². The second-order valence-electron chi connectivity index (χ2n) is 4.12. The molecule has 2 aromatic carbocycles. The average molecular weight is 340 g/mol. The maximum absolute atomic E-state index is 12.1. The van der Waals surface area contributed by atoms with Gasteiger partial charge in [0.05, 0.1) is 21.4 Å². The lowest BCUT2D eigenvalue weighted by Crippen LogP contribution is -2.19. The normalized spacial score (nSPS) is 10.0. The Hall–Kier alpha value is -1.82. The third-order valence-corrected chi connectivity index (χ3v) is 3.33. The molecule has 1 amide bonds. The number of thiocarbonyl (C=S) groups is 1. The lowest BCUT2D eigenvalue weighted by Gasteiger charge is -2.12. The summed E-state index contributed by atoms with van der Waals surface area (Å²) in [6.07, 6.45) is 0. The molecule has 0 saturated heterocycles. The van der Waals surface area contributed by atoms with Crippen molar-refractivity contribution < 1.29 is 4.79 Å². The Labute approximate surface area is 137 Å². The van der Waals surface area contributed by atoms with Gasteiger partial charge in [0.25, 0.3) is 5.91 Å². The van der Waals surface area contributed by atoms with Gasteiger partial charge in [0, 0.05) is 5.56 Å². The number of nitrogens with two attached hydrogens (primary N) is 1. The molecule has 0 saturated carbocycles. The third-order valence-electron chi connectivity index (χ3n) is 2.60. The second kappa shape index (κ2) is 6.76. The van der Waals surface area contributed by atoms with Gasteiger partial charge in [-0.05, 0) is 36.5 Å². The first-order valence-electron chi connectivity index (χ1n) is 5.89. The van der Waals surface area contributed by atoms with Gasteiger partial charge in [0.15, 0.2) is 5.11 Å². The Morgan fingerprint density at radius 2 is 1.57 bits per heavy atom. The number of anilines is 2. The summed E-state index contributed by atoms with van der Waals surface area (Å²) in [5.41, 5.74) is 6.82. The van der Waals surface area contributed by atoms with E-state index in [0.29, 0.717) is 27.0 Å². The minimum absolute atomic E-state index is 0.0690. The summed E-state index contributed by atoms with van der Waals surface area (Å²) in [5.74, 6) is -0.277. The molecule has 21 heavy (non-hydrogen) atoms. The first-order chi connectivity index (χ1) is 9.97. The minimum Gasteiger partial charge on any atom is -0.376 e. The summed E-state index contributed by atoms with van der Waals surface area (Å²) in [4.78, 5) is 12.1. The third kappa shape index (κ3) is 4.07. The van der Waals surface area contributed by atoms with Gasteiger partial charge in [0.2, 0.25) is 0 Å². The zero-order valence-corrected chi connectivity index (χ0v) is 13.0. The van der Waals surface area contributed by atoms with Gasteiger partial charge >= 0.3 is 0 Å². The van der Waals surface area contributed by atoms with Crippen molar-refractivity contribution in [3.05, 3.63) is 58.1 Å². The smallest absolute Gasteiger partial charge is 0.255 e. The fourth-order valence-electron chi connectivity index (χ4n) is 1.66. The Balaban J connectivity index is 2.27.